The fourth-order valence-electron chi connectivity index (χ4n) is 6.86. The molecule has 3 aromatic heterocycles. The third-order valence-corrected chi connectivity index (χ3v) is 9.77. The van der Waals surface area contributed by atoms with Crippen LogP contribution in [0.1, 0.15) is 37.5 Å². The average Bonchev–Trinajstić information content (AvgIpc) is 3.53. The highest BCUT2D eigenvalue weighted by atomic mass is 32.1. The topological polar surface area (TPSA) is 30.7 Å². The van der Waals surface area contributed by atoms with E-state index >= 15 is 0 Å². The Morgan fingerprint density at radius 3 is 2.12 bits per heavy atom. The van der Waals surface area contributed by atoms with Crippen molar-refractivity contribution >= 4 is 64.2 Å². The molecule has 3 nitrogen and oxygen atoms in total. The molecule has 210 valence electrons. The molecule has 0 radical (unpaired) electrons. The lowest BCUT2D eigenvalue weighted by Gasteiger charge is -2.17. The van der Waals surface area contributed by atoms with Gasteiger partial charge in [0.05, 0.1) is 32.6 Å². The molecule has 0 aliphatic carbocycles. The summed E-state index contributed by atoms with van der Waals surface area (Å²) in [5.74, 6) is 0. The third-order valence-electron chi connectivity index (χ3n) is 8.62. The molecule has 0 unspecified atom stereocenters. The van der Waals surface area contributed by atoms with Gasteiger partial charge in [-0.1, -0.05) is 93.6 Å². The Kier molecular flexibility index (Phi) is 5.76. The number of rotatable bonds is 3. The zero-order valence-electron chi connectivity index (χ0n) is 25.2. The quantitative estimate of drug-likeness (QED) is 0.210. The summed E-state index contributed by atoms with van der Waals surface area (Å²) in [5, 5.41) is 6.20. The molecule has 8 aromatic rings. The minimum Gasteiger partial charge on any atom is -0.308 e. The number of nitrogens with zero attached hydrogens (tertiary/aromatic N) is 3. The van der Waals surface area contributed by atoms with Crippen LogP contribution in [0.15, 0.2) is 97.3 Å². The van der Waals surface area contributed by atoms with Crippen molar-refractivity contribution < 1.29 is 0 Å². The highest BCUT2D eigenvalue weighted by Crippen LogP contribution is 2.42. The number of benzene rings is 5. The number of para-hydroxylation sites is 2. The summed E-state index contributed by atoms with van der Waals surface area (Å²) in [6.45, 7) is 11.3. The highest BCUT2D eigenvalue weighted by Gasteiger charge is 2.20. The summed E-state index contributed by atoms with van der Waals surface area (Å²) < 4.78 is 4.90. The fourth-order valence-corrected chi connectivity index (χ4v) is 8.09. The first-order chi connectivity index (χ1) is 20.8. The van der Waals surface area contributed by atoms with E-state index in [2.05, 4.69) is 130 Å². The summed E-state index contributed by atoms with van der Waals surface area (Å²) in [4.78, 5) is 9.73. The minimum atomic E-state index is 0.236. The first kappa shape index (κ1) is 26.1. The van der Waals surface area contributed by atoms with Gasteiger partial charge in [0.15, 0.2) is 0 Å². The van der Waals surface area contributed by atoms with Crippen LogP contribution >= 0.6 is 11.3 Å². The van der Waals surface area contributed by atoms with Crippen molar-refractivity contribution in [3.05, 3.63) is 114 Å². The number of fused-ring (bicyclic) bond motifs is 7. The molecule has 0 aliphatic rings. The number of hydrogen-bond acceptors (Lipinski definition) is 3. The standard InChI is InChI=1S/C39H33N3S/c1-23-10-8-14-29-30-15-9-11-24(2)37(30)42(36(23)29)32-20-27(19-26-12-6-7-13-28(26)32)34-38-35(41-22-40-34)31-17-16-25(18-33(31)43-38)21-39(3,4)5/h6-20,22H,21H2,1-5H3. The average molecular weight is 576 g/mol. The maximum absolute atomic E-state index is 4.93. The van der Waals surface area contributed by atoms with E-state index in [0.717, 1.165) is 27.9 Å². The highest BCUT2D eigenvalue weighted by molar-refractivity contribution is 7.26. The zero-order chi connectivity index (χ0) is 29.5. The van der Waals surface area contributed by atoms with Gasteiger partial charge in [0.2, 0.25) is 0 Å². The Labute approximate surface area is 255 Å². The zero-order valence-corrected chi connectivity index (χ0v) is 26.0. The second kappa shape index (κ2) is 9.48. The maximum Gasteiger partial charge on any atom is 0.116 e. The maximum atomic E-state index is 4.93. The van der Waals surface area contributed by atoms with Crippen LogP contribution in [0.4, 0.5) is 0 Å². The monoisotopic (exact) mass is 575 g/mol. The van der Waals surface area contributed by atoms with Gasteiger partial charge >= 0.3 is 0 Å². The lowest BCUT2D eigenvalue weighted by Crippen LogP contribution is -2.08. The van der Waals surface area contributed by atoms with Gasteiger partial charge in [0.25, 0.3) is 0 Å². The van der Waals surface area contributed by atoms with E-state index < -0.39 is 0 Å². The third kappa shape index (κ3) is 4.16. The fraction of sp³-hybridized carbons (Fsp3) is 0.179. The molecule has 0 bridgehead atoms. The Morgan fingerprint density at radius 2 is 1.40 bits per heavy atom. The molecule has 0 spiro atoms. The Bertz CT molecular complexity index is 2320. The molecule has 5 aromatic carbocycles. The van der Waals surface area contributed by atoms with Crippen LogP contribution in [0.5, 0.6) is 0 Å². The SMILES string of the molecule is Cc1cccc2c3cccc(C)c3n(-c3cc(-c4ncnc5c4sc4cc(CC(C)(C)C)ccc45)cc4ccccc34)c12. The molecular formula is C39H33N3S. The summed E-state index contributed by atoms with van der Waals surface area (Å²) >= 11 is 1.81. The second-order valence-corrected chi connectivity index (χ2v) is 14.1. The summed E-state index contributed by atoms with van der Waals surface area (Å²) in [6.07, 6.45) is 2.78. The molecule has 0 saturated heterocycles. The molecule has 0 amide bonds. The van der Waals surface area contributed by atoms with Crippen LogP contribution in [0, 0.1) is 19.3 Å². The molecule has 0 atom stereocenters. The van der Waals surface area contributed by atoms with Crippen molar-refractivity contribution in [2.45, 2.75) is 41.0 Å². The molecule has 8 rings (SSSR count). The molecular weight excluding hydrogens is 543 g/mol. The van der Waals surface area contributed by atoms with Crippen LogP contribution < -0.4 is 0 Å². The number of hydrogen-bond donors (Lipinski definition) is 0. The molecule has 0 fully saturated rings. The largest absolute Gasteiger partial charge is 0.308 e. The van der Waals surface area contributed by atoms with Gasteiger partial charge in [-0.05, 0) is 66.0 Å². The summed E-state index contributed by atoms with van der Waals surface area (Å²) in [5.41, 5.74) is 11.0. The van der Waals surface area contributed by atoms with Gasteiger partial charge in [-0.25, -0.2) is 9.97 Å². The van der Waals surface area contributed by atoms with Crippen LogP contribution in [0.3, 0.4) is 0 Å². The van der Waals surface area contributed by atoms with E-state index in [1.807, 2.05) is 11.3 Å². The van der Waals surface area contributed by atoms with Gasteiger partial charge in [0, 0.05) is 31.8 Å². The van der Waals surface area contributed by atoms with E-state index in [4.69, 9.17) is 9.97 Å². The van der Waals surface area contributed by atoms with E-state index in [0.29, 0.717) is 0 Å². The van der Waals surface area contributed by atoms with E-state index in [1.54, 1.807) is 6.33 Å². The summed E-state index contributed by atoms with van der Waals surface area (Å²) in [7, 11) is 0. The van der Waals surface area contributed by atoms with Crippen molar-refractivity contribution in [2.24, 2.45) is 5.41 Å². The summed E-state index contributed by atoms with van der Waals surface area (Å²) in [6, 6.07) is 33.5. The number of thiophene rings is 1. The molecule has 0 saturated carbocycles. The molecule has 3 heterocycles. The lowest BCUT2D eigenvalue weighted by molar-refractivity contribution is 0.411. The van der Waals surface area contributed by atoms with Gasteiger partial charge in [0.1, 0.15) is 6.33 Å². The smallest absolute Gasteiger partial charge is 0.116 e. The van der Waals surface area contributed by atoms with Crippen LogP contribution in [-0.2, 0) is 6.42 Å². The Balaban J connectivity index is 1.43. The molecule has 0 N–H and O–H groups in total. The second-order valence-electron chi connectivity index (χ2n) is 13.1. The predicted octanol–water partition coefficient (Wildman–Crippen LogP) is 11.0. The van der Waals surface area contributed by atoms with Crippen molar-refractivity contribution in [3.63, 3.8) is 0 Å². The minimum absolute atomic E-state index is 0.236. The van der Waals surface area contributed by atoms with Gasteiger partial charge < -0.3 is 4.57 Å². The van der Waals surface area contributed by atoms with Gasteiger partial charge in [-0.2, -0.15) is 0 Å². The van der Waals surface area contributed by atoms with Crippen LogP contribution in [-0.4, -0.2) is 14.5 Å². The predicted molar refractivity (Wildman–Crippen MR) is 185 cm³/mol. The lowest BCUT2D eigenvalue weighted by atomic mass is 9.88. The Morgan fingerprint density at radius 1 is 0.698 bits per heavy atom. The van der Waals surface area contributed by atoms with Crippen molar-refractivity contribution in [1.29, 1.82) is 0 Å². The number of aryl methyl sites for hydroxylation is 2. The van der Waals surface area contributed by atoms with Crippen LogP contribution in [0.2, 0.25) is 0 Å². The number of aromatic nitrogens is 3. The first-order valence-electron chi connectivity index (χ1n) is 15.0. The van der Waals surface area contributed by atoms with Crippen molar-refractivity contribution in [1.82, 2.24) is 14.5 Å². The van der Waals surface area contributed by atoms with Gasteiger partial charge in [-0.15, -0.1) is 11.3 Å². The van der Waals surface area contributed by atoms with E-state index in [9.17, 15) is 0 Å². The molecule has 0 aliphatic heterocycles. The Hall–Kier alpha value is -4.54. The first-order valence-corrected chi connectivity index (χ1v) is 15.8. The van der Waals surface area contributed by atoms with Gasteiger partial charge in [-0.3, -0.25) is 0 Å². The van der Waals surface area contributed by atoms with E-state index in [-0.39, 0.29) is 5.41 Å². The van der Waals surface area contributed by atoms with Crippen LogP contribution in [0.25, 0.3) is 69.8 Å². The van der Waals surface area contributed by atoms with Crippen molar-refractivity contribution in [2.75, 3.05) is 0 Å². The van der Waals surface area contributed by atoms with E-state index in [1.165, 1.54) is 65.0 Å². The van der Waals surface area contributed by atoms with Crippen molar-refractivity contribution in [3.8, 4) is 16.9 Å². The molecule has 4 heteroatoms. The molecule has 43 heavy (non-hydrogen) atoms. The normalized spacial score (nSPS) is 12.4.